The lowest BCUT2D eigenvalue weighted by Gasteiger charge is -2.26. The summed E-state index contributed by atoms with van der Waals surface area (Å²) in [5.74, 6) is 0.536. The van der Waals surface area contributed by atoms with Crippen LogP contribution in [-0.4, -0.2) is 43.0 Å². The molecule has 72 valence electrons. The molecule has 0 aliphatic carbocycles. The van der Waals surface area contributed by atoms with Gasteiger partial charge < -0.3 is 9.80 Å². The molecular weight excluding hydrogens is 152 g/mol. The summed E-state index contributed by atoms with van der Waals surface area (Å²) in [6, 6.07) is 0.103. The van der Waals surface area contributed by atoms with E-state index in [0.29, 0.717) is 5.92 Å². The molecule has 0 aliphatic rings. The minimum atomic E-state index is 0.103. The summed E-state index contributed by atoms with van der Waals surface area (Å²) in [6.07, 6.45) is 0. The molecule has 0 rings (SSSR count). The van der Waals surface area contributed by atoms with Crippen LogP contribution in [0.5, 0.6) is 0 Å². The van der Waals surface area contributed by atoms with Crippen molar-refractivity contribution in [3.63, 3.8) is 0 Å². The first-order valence-electron chi connectivity index (χ1n) is 4.45. The van der Waals surface area contributed by atoms with E-state index in [9.17, 15) is 4.79 Å². The Morgan fingerprint density at radius 1 is 1.33 bits per heavy atom. The van der Waals surface area contributed by atoms with E-state index in [-0.39, 0.29) is 6.03 Å². The first-order valence-corrected chi connectivity index (χ1v) is 4.45. The normalized spacial score (nSPS) is 10.2. The van der Waals surface area contributed by atoms with Gasteiger partial charge in [-0.25, -0.2) is 4.79 Å². The van der Waals surface area contributed by atoms with Crippen molar-refractivity contribution < 1.29 is 4.79 Å². The van der Waals surface area contributed by atoms with Crippen molar-refractivity contribution in [1.82, 2.24) is 9.80 Å². The summed E-state index contributed by atoms with van der Waals surface area (Å²) in [5.41, 5.74) is 0. The number of carbonyl (C=O) groups is 1. The monoisotopic (exact) mass is 172 g/mol. The van der Waals surface area contributed by atoms with Crippen molar-refractivity contribution in [2.45, 2.75) is 20.8 Å². The van der Waals surface area contributed by atoms with Crippen LogP contribution in [-0.2, 0) is 0 Å². The second-order valence-corrected chi connectivity index (χ2v) is 3.61. The van der Waals surface area contributed by atoms with Gasteiger partial charge in [-0.05, 0) is 12.8 Å². The van der Waals surface area contributed by atoms with Crippen molar-refractivity contribution in [3.8, 4) is 0 Å². The van der Waals surface area contributed by atoms with E-state index in [1.54, 1.807) is 19.0 Å². The van der Waals surface area contributed by atoms with Crippen molar-refractivity contribution >= 4 is 6.03 Å². The highest BCUT2D eigenvalue weighted by molar-refractivity contribution is 5.73. The fourth-order valence-electron chi connectivity index (χ4n) is 1.07. The minimum absolute atomic E-state index is 0.103. The Kier molecular flexibility index (Phi) is 4.71. The Hall–Kier alpha value is -0.730. The van der Waals surface area contributed by atoms with E-state index in [2.05, 4.69) is 13.8 Å². The fourth-order valence-corrected chi connectivity index (χ4v) is 1.07. The van der Waals surface area contributed by atoms with Gasteiger partial charge in [-0.2, -0.15) is 0 Å². The smallest absolute Gasteiger partial charge is 0.319 e. The molecule has 0 fully saturated rings. The molecule has 3 heteroatoms. The van der Waals surface area contributed by atoms with Gasteiger partial charge in [0, 0.05) is 27.2 Å². The lowest BCUT2D eigenvalue weighted by molar-refractivity contribution is 0.167. The zero-order valence-electron chi connectivity index (χ0n) is 8.79. The van der Waals surface area contributed by atoms with Crippen LogP contribution in [0.25, 0.3) is 0 Å². The second-order valence-electron chi connectivity index (χ2n) is 3.61. The van der Waals surface area contributed by atoms with Gasteiger partial charge in [0.2, 0.25) is 0 Å². The van der Waals surface area contributed by atoms with E-state index in [4.69, 9.17) is 0 Å². The molecule has 0 saturated heterocycles. The predicted octanol–water partition coefficient (Wildman–Crippen LogP) is 1.65. The third-order valence-electron chi connectivity index (χ3n) is 1.62. The number of hydrogen-bond donors (Lipinski definition) is 0. The van der Waals surface area contributed by atoms with E-state index < -0.39 is 0 Å². The summed E-state index contributed by atoms with van der Waals surface area (Å²) < 4.78 is 0. The average molecular weight is 172 g/mol. The van der Waals surface area contributed by atoms with E-state index >= 15 is 0 Å². The summed E-state index contributed by atoms with van der Waals surface area (Å²) in [4.78, 5) is 14.9. The number of nitrogens with zero attached hydrogens (tertiary/aromatic N) is 2. The van der Waals surface area contributed by atoms with Crippen LogP contribution in [0.3, 0.4) is 0 Å². The van der Waals surface area contributed by atoms with E-state index in [1.807, 2.05) is 11.8 Å². The van der Waals surface area contributed by atoms with Gasteiger partial charge in [0.15, 0.2) is 0 Å². The average Bonchev–Trinajstić information content (AvgIpc) is 1.98. The first-order chi connectivity index (χ1) is 5.49. The Balaban J connectivity index is 4.06. The Morgan fingerprint density at radius 2 is 1.83 bits per heavy atom. The molecule has 0 aliphatic heterocycles. The van der Waals surface area contributed by atoms with Crippen LogP contribution in [0.15, 0.2) is 0 Å². The topological polar surface area (TPSA) is 23.6 Å². The van der Waals surface area contributed by atoms with Gasteiger partial charge in [0.05, 0.1) is 0 Å². The summed E-state index contributed by atoms with van der Waals surface area (Å²) in [6.45, 7) is 7.86. The highest BCUT2D eigenvalue weighted by atomic mass is 16.2. The molecule has 0 N–H and O–H groups in total. The van der Waals surface area contributed by atoms with Crippen LogP contribution >= 0.6 is 0 Å². The number of hydrogen-bond acceptors (Lipinski definition) is 1. The number of rotatable bonds is 3. The largest absolute Gasteiger partial charge is 0.331 e. The molecule has 0 aromatic carbocycles. The van der Waals surface area contributed by atoms with Crippen LogP contribution in [0.1, 0.15) is 20.8 Å². The molecule has 0 saturated carbocycles. The van der Waals surface area contributed by atoms with Crippen LogP contribution in [0, 0.1) is 5.92 Å². The molecule has 3 nitrogen and oxygen atoms in total. The molecule has 0 spiro atoms. The number of amides is 2. The summed E-state index contributed by atoms with van der Waals surface area (Å²) >= 11 is 0. The molecule has 0 unspecified atom stereocenters. The zero-order valence-corrected chi connectivity index (χ0v) is 8.79. The van der Waals surface area contributed by atoms with Gasteiger partial charge in [-0.1, -0.05) is 13.8 Å². The molecular formula is C9H20N2O. The molecule has 0 atom stereocenters. The van der Waals surface area contributed by atoms with E-state index in [0.717, 1.165) is 13.1 Å². The first kappa shape index (κ1) is 11.3. The van der Waals surface area contributed by atoms with Crippen LogP contribution in [0.2, 0.25) is 0 Å². The zero-order chi connectivity index (χ0) is 9.72. The molecule has 0 aromatic heterocycles. The molecule has 0 aromatic rings. The maximum absolute atomic E-state index is 11.5. The lowest BCUT2D eigenvalue weighted by atomic mass is 10.2. The maximum atomic E-state index is 11.5. The molecule has 2 amide bonds. The van der Waals surface area contributed by atoms with Gasteiger partial charge in [-0.3, -0.25) is 0 Å². The third-order valence-corrected chi connectivity index (χ3v) is 1.62. The molecule has 0 heterocycles. The van der Waals surface area contributed by atoms with Gasteiger partial charge in [0.1, 0.15) is 0 Å². The highest BCUT2D eigenvalue weighted by Crippen LogP contribution is 2.00. The predicted molar refractivity (Wildman–Crippen MR) is 51.2 cm³/mol. The third kappa shape index (κ3) is 3.60. The molecule has 0 radical (unpaired) electrons. The van der Waals surface area contributed by atoms with Crippen molar-refractivity contribution in [1.29, 1.82) is 0 Å². The Bertz CT molecular complexity index is 143. The molecule has 12 heavy (non-hydrogen) atoms. The van der Waals surface area contributed by atoms with Crippen LogP contribution in [0.4, 0.5) is 4.79 Å². The van der Waals surface area contributed by atoms with Crippen LogP contribution < -0.4 is 0 Å². The lowest BCUT2D eigenvalue weighted by Crippen LogP contribution is -2.40. The highest BCUT2D eigenvalue weighted by Gasteiger charge is 2.13. The standard InChI is InChI=1S/C9H20N2O/c1-6-11(7-8(2)3)9(12)10(4)5/h8H,6-7H2,1-5H3. The Labute approximate surface area is 75.3 Å². The Morgan fingerprint density at radius 3 is 2.08 bits per heavy atom. The van der Waals surface area contributed by atoms with Crippen molar-refractivity contribution in [2.75, 3.05) is 27.2 Å². The molecule has 0 bridgehead atoms. The van der Waals surface area contributed by atoms with Crippen molar-refractivity contribution in [2.24, 2.45) is 5.92 Å². The minimum Gasteiger partial charge on any atom is -0.331 e. The van der Waals surface area contributed by atoms with Crippen molar-refractivity contribution in [3.05, 3.63) is 0 Å². The number of urea groups is 1. The number of carbonyl (C=O) groups excluding carboxylic acids is 1. The quantitative estimate of drug-likeness (QED) is 0.635. The summed E-state index contributed by atoms with van der Waals surface area (Å²) in [7, 11) is 3.57. The summed E-state index contributed by atoms with van der Waals surface area (Å²) in [5, 5.41) is 0. The fraction of sp³-hybridized carbons (Fsp3) is 0.889. The van der Waals surface area contributed by atoms with Gasteiger partial charge in [0.25, 0.3) is 0 Å². The van der Waals surface area contributed by atoms with Gasteiger partial charge >= 0.3 is 6.03 Å². The maximum Gasteiger partial charge on any atom is 0.319 e. The van der Waals surface area contributed by atoms with Gasteiger partial charge in [-0.15, -0.1) is 0 Å². The SMILES string of the molecule is CCN(CC(C)C)C(=O)N(C)C. The van der Waals surface area contributed by atoms with E-state index in [1.165, 1.54) is 0 Å². The second kappa shape index (κ2) is 5.01.